The van der Waals surface area contributed by atoms with E-state index in [2.05, 4.69) is 0 Å². The summed E-state index contributed by atoms with van der Waals surface area (Å²) in [7, 11) is 1.89. The van der Waals surface area contributed by atoms with Gasteiger partial charge in [-0.1, -0.05) is 45.8 Å². The average molecular weight is 273 g/mol. The minimum atomic E-state index is -2.49. The van der Waals surface area contributed by atoms with Crippen molar-refractivity contribution in [2.24, 2.45) is 7.05 Å². The van der Waals surface area contributed by atoms with Gasteiger partial charge < -0.3 is 0 Å². The SMILES string of the molecule is [2H]C(C)(C)c1c[n+](C)c(-c2ccccc2C)cc1C([2H])(C)C([2H])([2H])[2H]. The maximum atomic E-state index is 8.57. The maximum Gasteiger partial charge on any atom is 0.212 e. The first kappa shape index (κ1) is 9.33. The molecule has 1 heterocycles. The lowest BCUT2D eigenvalue weighted by Crippen LogP contribution is -2.32. The standard InChI is InChI=1S/C19H26N/c1-13(2)17-11-19(16-10-8-7-9-15(16)5)20(6)12-18(17)14(3)4/h7-14H,1-6H3/q+1/i1D3,13D,14D. The third kappa shape index (κ3) is 2.77. The molecule has 0 fully saturated rings. The minimum Gasteiger partial charge on any atom is -0.201 e. The van der Waals surface area contributed by atoms with Crippen molar-refractivity contribution in [3.05, 3.63) is 53.2 Å². The number of hydrogen-bond donors (Lipinski definition) is 0. The van der Waals surface area contributed by atoms with Crippen LogP contribution in [0.5, 0.6) is 0 Å². The molecule has 1 atom stereocenters. The van der Waals surface area contributed by atoms with E-state index in [0.717, 1.165) is 16.8 Å². The zero-order valence-electron chi connectivity index (χ0n) is 17.9. The summed E-state index contributed by atoms with van der Waals surface area (Å²) in [4.78, 5) is 0. The van der Waals surface area contributed by atoms with Crippen LogP contribution in [0.1, 0.15) is 63.0 Å². The second kappa shape index (κ2) is 5.78. The van der Waals surface area contributed by atoms with Gasteiger partial charge in [0.2, 0.25) is 5.69 Å². The Morgan fingerprint density at radius 1 is 1.10 bits per heavy atom. The molecule has 0 bridgehead atoms. The quantitative estimate of drug-likeness (QED) is 0.712. The number of hydrogen-bond acceptors (Lipinski definition) is 0. The third-order valence-corrected chi connectivity index (χ3v) is 3.64. The van der Waals surface area contributed by atoms with Crippen molar-refractivity contribution in [3.63, 3.8) is 0 Å². The first-order chi connectivity index (χ1) is 11.3. The van der Waals surface area contributed by atoms with Crippen LogP contribution in [0.3, 0.4) is 0 Å². The molecular weight excluding hydrogens is 242 g/mol. The van der Waals surface area contributed by atoms with Gasteiger partial charge in [-0.15, -0.1) is 0 Å². The molecule has 1 unspecified atom stereocenters. The summed E-state index contributed by atoms with van der Waals surface area (Å²) >= 11 is 0. The van der Waals surface area contributed by atoms with Gasteiger partial charge in [-0.2, -0.15) is 0 Å². The van der Waals surface area contributed by atoms with Crippen LogP contribution in [-0.2, 0) is 7.05 Å². The fourth-order valence-electron chi connectivity index (χ4n) is 2.49. The molecule has 20 heavy (non-hydrogen) atoms. The number of aromatic nitrogens is 1. The fraction of sp³-hybridized carbons (Fsp3) is 0.421. The minimum absolute atomic E-state index is 0.379. The zero-order valence-corrected chi connectivity index (χ0v) is 12.9. The molecule has 0 spiro atoms. The Hall–Kier alpha value is -1.63. The van der Waals surface area contributed by atoms with Crippen LogP contribution in [0.15, 0.2) is 36.5 Å². The summed E-state index contributed by atoms with van der Waals surface area (Å²) in [6.07, 6.45) is 1.79. The Balaban J connectivity index is 2.85. The predicted octanol–water partition coefficient (Wildman–Crippen LogP) is 4.73. The first-order valence-corrected chi connectivity index (χ1v) is 6.87. The van der Waals surface area contributed by atoms with Crippen molar-refractivity contribution in [2.75, 3.05) is 0 Å². The first-order valence-electron chi connectivity index (χ1n) is 9.37. The van der Waals surface area contributed by atoms with Crippen LogP contribution in [0.2, 0.25) is 0 Å². The topological polar surface area (TPSA) is 3.88 Å². The van der Waals surface area contributed by atoms with Crippen molar-refractivity contribution >= 4 is 0 Å². The molecule has 1 aromatic heterocycles. The monoisotopic (exact) mass is 273 g/mol. The van der Waals surface area contributed by atoms with E-state index < -0.39 is 18.6 Å². The van der Waals surface area contributed by atoms with Gasteiger partial charge in [0.15, 0.2) is 6.20 Å². The highest BCUT2D eigenvalue weighted by molar-refractivity contribution is 5.62. The summed E-state index contributed by atoms with van der Waals surface area (Å²) in [5.74, 6) is -2.81. The molecule has 2 rings (SSSR count). The van der Waals surface area contributed by atoms with Gasteiger partial charge in [0.05, 0.1) is 0 Å². The van der Waals surface area contributed by atoms with Crippen molar-refractivity contribution in [2.45, 2.75) is 46.3 Å². The average Bonchev–Trinajstić information content (AvgIpc) is 2.45. The molecule has 2 aromatic rings. The summed E-state index contributed by atoms with van der Waals surface area (Å²) in [5, 5.41) is 0. The maximum absolute atomic E-state index is 8.57. The molecule has 0 aliphatic heterocycles. The van der Waals surface area contributed by atoms with Gasteiger partial charge in [0.25, 0.3) is 0 Å². The Kier molecular flexibility index (Phi) is 2.70. The molecule has 0 saturated carbocycles. The van der Waals surface area contributed by atoms with Crippen LogP contribution in [0.25, 0.3) is 11.3 Å². The van der Waals surface area contributed by atoms with Crippen LogP contribution in [-0.4, -0.2) is 0 Å². The molecule has 1 aromatic carbocycles. The molecule has 0 N–H and O–H groups in total. The molecular formula is C19H26N+. The molecule has 1 nitrogen and oxygen atoms in total. The second-order valence-electron chi connectivity index (χ2n) is 5.54. The zero-order chi connectivity index (χ0) is 19.2. The van der Waals surface area contributed by atoms with E-state index >= 15 is 0 Å². The Morgan fingerprint density at radius 2 is 1.80 bits per heavy atom. The molecule has 0 aliphatic carbocycles. The number of rotatable bonds is 3. The van der Waals surface area contributed by atoms with E-state index in [0.29, 0.717) is 11.1 Å². The van der Waals surface area contributed by atoms with Gasteiger partial charge in [-0.05, 0) is 35.9 Å². The van der Waals surface area contributed by atoms with Gasteiger partial charge in [0, 0.05) is 24.0 Å². The highest BCUT2D eigenvalue weighted by atomic mass is 14.9. The molecule has 0 aliphatic rings. The van der Waals surface area contributed by atoms with Crippen molar-refractivity contribution < 1.29 is 11.4 Å². The van der Waals surface area contributed by atoms with Crippen LogP contribution in [0.4, 0.5) is 0 Å². The van der Waals surface area contributed by atoms with Gasteiger partial charge in [-0.3, -0.25) is 0 Å². The van der Waals surface area contributed by atoms with Crippen molar-refractivity contribution in [1.29, 1.82) is 0 Å². The molecule has 0 radical (unpaired) electrons. The van der Waals surface area contributed by atoms with E-state index in [-0.39, 0.29) is 0 Å². The largest absolute Gasteiger partial charge is 0.212 e. The van der Waals surface area contributed by atoms with Crippen molar-refractivity contribution in [3.8, 4) is 11.3 Å². The summed E-state index contributed by atoms with van der Waals surface area (Å²) < 4.78 is 42.4. The highest BCUT2D eigenvalue weighted by Crippen LogP contribution is 2.29. The molecule has 106 valence electrons. The summed E-state index contributed by atoms with van der Waals surface area (Å²) in [6.45, 7) is 4.35. The normalized spacial score (nSPS) is 19.1. The lowest BCUT2D eigenvalue weighted by molar-refractivity contribution is -0.661. The van der Waals surface area contributed by atoms with E-state index in [1.165, 1.54) is 6.92 Å². The van der Waals surface area contributed by atoms with Crippen LogP contribution < -0.4 is 4.57 Å². The molecule has 1 heteroatoms. The lowest BCUT2D eigenvalue weighted by Gasteiger charge is -2.16. The molecule has 0 amide bonds. The number of benzene rings is 1. The predicted molar refractivity (Wildman–Crippen MR) is 86.0 cm³/mol. The lowest BCUT2D eigenvalue weighted by atomic mass is 9.90. The van der Waals surface area contributed by atoms with Crippen LogP contribution in [0, 0.1) is 6.92 Å². The van der Waals surface area contributed by atoms with Crippen molar-refractivity contribution in [1.82, 2.24) is 0 Å². The highest BCUT2D eigenvalue weighted by Gasteiger charge is 2.20. The van der Waals surface area contributed by atoms with Crippen LogP contribution >= 0.6 is 0 Å². The Bertz CT molecular complexity index is 785. The van der Waals surface area contributed by atoms with Gasteiger partial charge >= 0.3 is 0 Å². The Morgan fingerprint density at radius 3 is 2.40 bits per heavy atom. The second-order valence-corrected chi connectivity index (χ2v) is 5.54. The number of pyridine rings is 1. The van der Waals surface area contributed by atoms with E-state index in [1.807, 2.05) is 42.8 Å². The Labute approximate surface area is 130 Å². The summed E-state index contributed by atoms with van der Waals surface area (Å²) in [6, 6.07) is 9.65. The van der Waals surface area contributed by atoms with Gasteiger partial charge in [0.1, 0.15) is 7.05 Å². The summed E-state index contributed by atoms with van der Waals surface area (Å²) in [5.41, 5.74) is 3.83. The third-order valence-electron chi connectivity index (χ3n) is 3.64. The smallest absolute Gasteiger partial charge is 0.201 e. The van der Waals surface area contributed by atoms with Gasteiger partial charge in [-0.25, -0.2) is 4.57 Å². The fourth-order valence-corrected chi connectivity index (χ4v) is 2.49. The molecule has 0 saturated heterocycles. The van der Waals surface area contributed by atoms with E-state index in [9.17, 15) is 0 Å². The number of aryl methyl sites for hydroxylation is 2. The van der Waals surface area contributed by atoms with E-state index in [4.69, 9.17) is 6.85 Å². The number of nitrogens with zero attached hydrogens (tertiary/aromatic N) is 1. The van der Waals surface area contributed by atoms with E-state index in [1.54, 1.807) is 26.1 Å².